The van der Waals surface area contributed by atoms with Crippen LogP contribution in [0.1, 0.15) is 20.9 Å². The average Bonchev–Trinajstić information content (AvgIpc) is 3.18. The van der Waals surface area contributed by atoms with Crippen molar-refractivity contribution in [3.05, 3.63) is 88.3 Å². The fraction of sp³-hybridized carbons (Fsp3) is 0.0526. The molecule has 1 aromatic heterocycles. The van der Waals surface area contributed by atoms with E-state index in [9.17, 15) is 9.59 Å². The predicted octanol–water partition coefficient (Wildman–Crippen LogP) is 4.64. The molecular weight excluding hydrogens is 375 g/mol. The summed E-state index contributed by atoms with van der Waals surface area (Å²) >= 11 is 12.1. The van der Waals surface area contributed by atoms with E-state index in [1.165, 1.54) is 12.3 Å². The lowest BCUT2D eigenvalue weighted by Gasteiger charge is -2.20. The van der Waals surface area contributed by atoms with Gasteiger partial charge in [0.05, 0.1) is 17.0 Å². The third-order valence-corrected chi connectivity index (χ3v) is 4.12. The summed E-state index contributed by atoms with van der Waals surface area (Å²) in [5.74, 6) is -0.752. The van der Waals surface area contributed by atoms with E-state index in [-0.39, 0.29) is 11.5 Å². The fourth-order valence-corrected chi connectivity index (χ4v) is 2.77. The van der Waals surface area contributed by atoms with Crippen LogP contribution in [-0.2, 0) is 0 Å². The van der Waals surface area contributed by atoms with Gasteiger partial charge in [0.2, 0.25) is 5.78 Å². The summed E-state index contributed by atoms with van der Waals surface area (Å²) in [5.41, 5.74) is 0.903. The number of Topliss-reactive ketones (excluding diaryl/α,β-unsaturated/α-hetero) is 1. The summed E-state index contributed by atoms with van der Waals surface area (Å²) in [7, 11) is 0. The molecule has 5 nitrogen and oxygen atoms in total. The predicted molar refractivity (Wildman–Crippen MR) is 101 cm³/mol. The van der Waals surface area contributed by atoms with Gasteiger partial charge >= 0.3 is 0 Å². The second-order valence-corrected chi connectivity index (χ2v) is 6.23. The van der Waals surface area contributed by atoms with E-state index >= 15 is 0 Å². The SMILES string of the molecule is O=C(N[C@@H](Nc1ccc(Cl)cc1Cl)C(=O)c1ccccc1)c1ccco1. The number of nitrogens with one attached hydrogen (secondary N) is 2. The number of hydrogen-bond donors (Lipinski definition) is 2. The highest BCUT2D eigenvalue weighted by Crippen LogP contribution is 2.26. The lowest BCUT2D eigenvalue weighted by molar-refractivity contribution is 0.0853. The van der Waals surface area contributed by atoms with Gasteiger partial charge in [-0.3, -0.25) is 9.59 Å². The third-order valence-electron chi connectivity index (χ3n) is 3.57. The Morgan fingerprint density at radius 1 is 0.962 bits per heavy atom. The quantitative estimate of drug-likeness (QED) is 0.476. The normalized spacial score (nSPS) is 11.6. The second-order valence-electron chi connectivity index (χ2n) is 5.38. The van der Waals surface area contributed by atoms with E-state index in [0.29, 0.717) is 21.3 Å². The van der Waals surface area contributed by atoms with Crippen LogP contribution in [-0.4, -0.2) is 17.9 Å². The molecule has 0 unspecified atom stereocenters. The third kappa shape index (κ3) is 4.25. The molecule has 0 saturated carbocycles. The van der Waals surface area contributed by atoms with Crippen molar-refractivity contribution in [2.75, 3.05) is 5.32 Å². The highest BCUT2D eigenvalue weighted by molar-refractivity contribution is 6.36. The average molecular weight is 389 g/mol. The van der Waals surface area contributed by atoms with Crippen LogP contribution in [0.4, 0.5) is 5.69 Å². The van der Waals surface area contributed by atoms with Crippen LogP contribution in [0, 0.1) is 0 Å². The van der Waals surface area contributed by atoms with Crippen molar-refractivity contribution in [1.82, 2.24) is 5.32 Å². The lowest BCUT2D eigenvalue weighted by atomic mass is 10.1. The topological polar surface area (TPSA) is 71.3 Å². The van der Waals surface area contributed by atoms with Gasteiger partial charge in [0.15, 0.2) is 11.9 Å². The molecule has 0 bridgehead atoms. The number of benzene rings is 2. The zero-order chi connectivity index (χ0) is 18.5. The van der Waals surface area contributed by atoms with Crippen LogP contribution < -0.4 is 10.6 Å². The molecular formula is C19H14Cl2N2O3. The van der Waals surface area contributed by atoms with Crippen molar-refractivity contribution in [3.63, 3.8) is 0 Å². The number of carbonyl (C=O) groups is 2. The molecule has 26 heavy (non-hydrogen) atoms. The van der Waals surface area contributed by atoms with Crippen molar-refractivity contribution in [2.45, 2.75) is 6.17 Å². The summed E-state index contributed by atoms with van der Waals surface area (Å²) in [6.45, 7) is 0. The number of ketones is 1. The number of halogens is 2. The number of amides is 1. The molecule has 0 aliphatic heterocycles. The second kappa shape index (κ2) is 8.08. The maximum absolute atomic E-state index is 12.9. The van der Waals surface area contributed by atoms with Crippen molar-refractivity contribution >= 4 is 40.6 Å². The largest absolute Gasteiger partial charge is 0.459 e. The molecule has 2 N–H and O–H groups in total. The molecule has 1 heterocycles. The molecule has 0 fully saturated rings. The summed E-state index contributed by atoms with van der Waals surface area (Å²) in [4.78, 5) is 25.2. The maximum atomic E-state index is 12.9. The number of anilines is 1. The first-order valence-corrected chi connectivity index (χ1v) is 8.45. The summed E-state index contributed by atoms with van der Waals surface area (Å²) < 4.78 is 5.08. The molecule has 2 aromatic carbocycles. The van der Waals surface area contributed by atoms with Gasteiger partial charge in [0.25, 0.3) is 5.91 Å². The zero-order valence-corrected chi connectivity index (χ0v) is 14.9. The minimum absolute atomic E-state index is 0.0971. The standard InChI is InChI=1S/C19H14Cl2N2O3/c20-13-8-9-15(14(21)11-13)22-18(17(24)12-5-2-1-3-6-12)23-19(25)16-7-4-10-26-16/h1-11,18,22H,(H,23,25)/t18-/m1/s1. The van der Waals surface area contributed by atoms with Crippen molar-refractivity contribution in [2.24, 2.45) is 0 Å². The van der Waals surface area contributed by atoms with Gasteiger partial charge < -0.3 is 15.1 Å². The Morgan fingerprint density at radius 3 is 2.38 bits per heavy atom. The molecule has 0 aliphatic carbocycles. The molecule has 132 valence electrons. The molecule has 3 rings (SSSR count). The van der Waals surface area contributed by atoms with E-state index < -0.39 is 12.1 Å². The monoisotopic (exact) mass is 388 g/mol. The van der Waals surface area contributed by atoms with Gasteiger partial charge in [0, 0.05) is 10.6 Å². The Morgan fingerprint density at radius 2 is 1.73 bits per heavy atom. The summed E-state index contributed by atoms with van der Waals surface area (Å²) in [5, 5.41) is 6.37. The van der Waals surface area contributed by atoms with Gasteiger partial charge in [-0.05, 0) is 30.3 Å². The first kappa shape index (κ1) is 18.0. The molecule has 7 heteroatoms. The van der Waals surface area contributed by atoms with Gasteiger partial charge in [0.1, 0.15) is 0 Å². The number of carbonyl (C=O) groups excluding carboxylic acids is 2. The van der Waals surface area contributed by atoms with Crippen LogP contribution in [0.25, 0.3) is 0 Å². The molecule has 1 amide bonds. The molecule has 1 atom stereocenters. The zero-order valence-electron chi connectivity index (χ0n) is 13.4. The van der Waals surface area contributed by atoms with Gasteiger partial charge in [-0.1, -0.05) is 53.5 Å². The molecule has 0 radical (unpaired) electrons. The number of hydrogen-bond acceptors (Lipinski definition) is 4. The minimum Gasteiger partial charge on any atom is -0.459 e. The Bertz CT molecular complexity index is 912. The van der Waals surface area contributed by atoms with Crippen LogP contribution in [0.15, 0.2) is 71.3 Å². The Kier molecular flexibility index (Phi) is 5.61. The molecule has 0 saturated heterocycles. The van der Waals surface area contributed by atoms with Gasteiger partial charge in [-0.25, -0.2) is 0 Å². The van der Waals surface area contributed by atoms with Crippen LogP contribution in [0.3, 0.4) is 0 Å². The Hall–Kier alpha value is -2.76. The van der Waals surface area contributed by atoms with Crippen LogP contribution in [0.5, 0.6) is 0 Å². The van der Waals surface area contributed by atoms with E-state index in [0.717, 1.165) is 0 Å². The fourth-order valence-electron chi connectivity index (χ4n) is 2.31. The van der Waals surface area contributed by atoms with Gasteiger partial charge in [-0.2, -0.15) is 0 Å². The Labute approximate surface area is 159 Å². The molecule has 3 aromatic rings. The molecule has 0 spiro atoms. The maximum Gasteiger partial charge on any atom is 0.288 e. The highest BCUT2D eigenvalue weighted by Gasteiger charge is 2.24. The number of rotatable bonds is 6. The van der Waals surface area contributed by atoms with E-state index in [1.54, 1.807) is 54.6 Å². The van der Waals surface area contributed by atoms with E-state index in [4.69, 9.17) is 27.6 Å². The molecule has 0 aliphatic rings. The van der Waals surface area contributed by atoms with E-state index in [1.807, 2.05) is 0 Å². The Balaban J connectivity index is 1.87. The lowest BCUT2D eigenvalue weighted by Crippen LogP contribution is -2.46. The van der Waals surface area contributed by atoms with E-state index in [2.05, 4.69) is 10.6 Å². The van der Waals surface area contributed by atoms with Gasteiger partial charge in [-0.15, -0.1) is 0 Å². The summed E-state index contributed by atoms with van der Waals surface area (Å²) in [6, 6.07) is 16.5. The highest BCUT2D eigenvalue weighted by atomic mass is 35.5. The smallest absolute Gasteiger partial charge is 0.288 e. The first-order chi connectivity index (χ1) is 12.5. The van der Waals surface area contributed by atoms with Crippen molar-refractivity contribution in [1.29, 1.82) is 0 Å². The minimum atomic E-state index is -1.05. The van der Waals surface area contributed by atoms with Crippen LogP contribution >= 0.6 is 23.2 Å². The summed E-state index contributed by atoms with van der Waals surface area (Å²) in [6.07, 6.45) is 0.334. The van der Waals surface area contributed by atoms with Crippen molar-refractivity contribution < 1.29 is 14.0 Å². The number of furan rings is 1. The van der Waals surface area contributed by atoms with Crippen molar-refractivity contribution in [3.8, 4) is 0 Å². The first-order valence-electron chi connectivity index (χ1n) is 7.70. The van der Waals surface area contributed by atoms with Crippen LogP contribution in [0.2, 0.25) is 10.0 Å².